The van der Waals surface area contributed by atoms with Gasteiger partial charge in [-0.2, -0.15) is 16.8 Å². The number of anilines is 2. The predicted octanol–water partition coefficient (Wildman–Crippen LogP) is 3.08. The Kier molecular flexibility index (Phi) is 4.25. The summed E-state index contributed by atoms with van der Waals surface area (Å²) in [7, 11) is -9.21. The van der Waals surface area contributed by atoms with Crippen LogP contribution in [0.2, 0.25) is 0 Å². The van der Waals surface area contributed by atoms with Crippen molar-refractivity contribution in [1.82, 2.24) is 0 Å². The van der Waals surface area contributed by atoms with Gasteiger partial charge in [0.1, 0.15) is 9.79 Å². The molecule has 7 nitrogen and oxygen atoms in total. The minimum Gasteiger partial charge on any atom is -0.355 e. The first-order chi connectivity index (χ1) is 11.7. The zero-order chi connectivity index (χ0) is 18.2. The van der Waals surface area contributed by atoms with Gasteiger partial charge in [-0.15, -0.1) is 0 Å². The molecule has 0 aliphatic carbocycles. The predicted molar refractivity (Wildman–Crippen MR) is 93.3 cm³/mol. The normalized spacial score (nSPS) is 12.2. The van der Waals surface area contributed by atoms with Crippen LogP contribution in [0.5, 0.6) is 0 Å². The molecule has 130 valence electrons. The highest BCUT2D eigenvalue weighted by Crippen LogP contribution is 2.35. The third-order valence-electron chi connectivity index (χ3n) is 3.57. The van der Waals surface area contributed by atoms with E-state index in [0.29, 0.717) is 5.69 Å². The Morgan fingerprint density at radius 1 is 0.680 bits per heavy atom. The van der Waals surface area contributed by atoms with Gasteiger partial charge in [0.15, 0.2) is 0 Å². The lowest BCUT2D eigenvalue weighted by Gasteiger charge is -2.14. The molecule has 0 aliphatic rings. The van der Waals surface area contributed by atoms with Crippen molar-refractivity contribution in [3.63, 3.8) is 0 Å². The molecule has 0 atom stereocenters. The number of nitrogens with one attached hydrogen (secondary N) is 1. The van der Waals surface area contributed by atoms with E-state index in [1.54, 1.807) is 30.3 Å². The number of rotatable bonds is 4. The highest BCUT2D eigenvalue weighted by atomic mass is 32.2. The summed E-state index contributed by atoms with van der Waals surface area (Å²) in [5.74, 6) is 0. The smallest absolute Gasteiger partial charge is 0.295 e. The number of para-hydroxylation sites is 1. The van der Waals surface area contributed by atoms with E-state index in [2.05, 4.69) is 5.32 Å². The van der Waals surface area contributed by atoms with Gasteiger partial charge in [-0.3, -0.25) is 9.11 Å². The monoisotopic (exact) mass is 379 g/mol. The quantitative estimate of drug-likeness (QED) is 0.596. The number of benzene rings is 3. The minimum atomic E-state index is -4.62. The Bertz CT molecular complexity index is 1160. The largest absolute Gasteiger partial charge is 0.355 e. The second-order valence-electron chi connectivity index (χ2n) is 5.23. The molecule has 3 rings (SSSR count). The zero-order valence-corrected chi connectivity index (χ0v) is 14.3. The maximum atomic E-state index is 11.7. The fraction of sp³-hybridized carbons (Fsp3) is 0. The van der Waals surface area contributed by atoms with E-state index in [1.807, 2.05) is 0 Å². The Morgan fingerprint density at radius 3 is 1.88 bits per heavy atom. The molecule has 0 aliphatic heterocycles. The lowest BCUT2D eigenvalue weighted by Crippen LogP contribution is -2.05. The summed E-state index contributed by atoms with van der Waals surface area (Å²) in [6, 6.07) is 15.1. The van der Waals surface area contributed by atoms with Crippen LogP contribution in [0.1, 0.15) is 0 Å². The van der Waals surface area contributed by atoms with Crippen molar-refractivity contribution in [3.8, 4) is 0 Å². The third-order valence-corrected chi connectivity index (χ3v) is 5.38. The molecule has 0 amide bonds. The average Bonchev–Trinajstić information content (AvgIpc) is 2.53. The Balaban J connectivity index is 2.38. The van der Waals surface area contributed by atoms with Gasteiger partial charge in [0, 0.05) is 22.1 Å². The molecule has 3 aromatic carbocycles. The summed E-state index contributed by atoms with van der Waals surface area (Å²) in [4.78, 5) is -0.916. The molecule has 0 heterocycles. The fourth-order valence-electron chi connectivity index (χ4n) is 2.57. The lowest BCUT2D eigenvalue weighted by atomic mass is 10.1. The van der Waals surface area contributed by atoms with Gasteiger partial charge in [-0.1, -0.05) is 30.3 Å². The molecule has 0 saturated heterocycles. The molecule has 0 aromatic heterocycles. The first kappa shape index (κ1) is 17.4. The molecule has 3 N–H and O–H groups in total. The second-order valence-corrected chi connectivity index (χ2v) is 8.01. The molecular formula is C16H13NO6S2. The molecule has 0 radical (unpaired) electrons. The molecule has 0 bridgehead atoms. The van der Waals surface area contributed by atoms with Crippen molar-refractivity contribution in [2.24, 2.45) is 0 Å². The van der Waals surface area contributed by atoms with Crippen molar-refractivity contribution in [2.45, 2.75) is 9.79 Å². The maximum Gasteiger partial charge on any atom is 0.295 e. The SMILES string of the molecule is O=S(=O)(O)c1ccc(S(=O)(=O)O)c2c(Nc3ccccc3)cccc12. The van der Waals surface area contributed by atoms with E-state index in [-0.39, 0.29) is 16.5 Å². The number of fused-ring (bicyclic) bond motifs is 1. The minimum absolute atomic E-state index is 0.0291. The second kappa shape index (κ2) is 6.12. The topological polar surface area (TPSA) is 121 Å². The summed E-state index contributed by atoms with van der Waals surface area (Å²) >= 11 is 0. The highest BCUT2D eigenvalue weighted by Gasteiger charge is 2.23. The van der Waals surface area contributed by atoms with Gasteiger partial charge in [0.2, 0.25) is 0 Å². The number of hydrogen-bond acceptors (Lipinski definition) is 5. The van der Waals surface area contributed by atoms with Crippen LogP contribution in [0.25, 0.3) is 10.8 Å². The van der Waals surface area contributed by atoms with Crippen LogP contribution in [-0.4, -0.2) is 25.9 Å². The van der Waals surface area contributed by atoms with Crippen LogP contribution in [0.3, 0.4) is 0 Å². The van der Waals surface area contributed by atoms with Gasteiger partial charge >= 0.3 is 0 Å². The van der Waals surface area contributed by atoms with E-state index >= 15 is 0 Å². The van der Waals surface area contributed by atoms with Crippen LogP contribution in [0, 0.1) is 0 Å². The van der Waals surface area contributed by atoms with Gasteiger partial charge in [0.25, 0.3) is 20.2 Å². The van der Waals surface area contributed by atoms with Crippen molar-refractivity contribution >= 4 is 42.4 Å². The average molecular weight is 379 g/mol. The molecule has 3 aromatic rings. The van der Waals surface area contributed by atoms with E-state index in [1.165, 1.54) is 18.2 Å². The van der Waals surface area contributed by atoms with Crippen molar-refractivity contribution in [2.75, 3.05) is 5.32 Å². The summed E-state index contributed by atoms with van der Waals surface area (Å²) in [5, 5.41) is 2.92. The third kappa shape index (κ3) is 3.49. The molecule has 0 fully saturated rings. The highest BCUT2D eigenvalue weighted by molar-refractivity contribution is 7.86. The van der Waals surface area contributed by atoms with Crippen LogP contribution >= 0.6 is 0 Å². The van der Waals surface area contributed by atoms with Crippen LogP contribution in [0.4, 0.5) is 11.4 Å². The molecule has 9 heteroatoms. The van der Waals surface area contributed by atoms with Gasteiger partial charge in [0.05, 0.1) is 0 Å². The molecule has 0 unspecified atom stereocenters. The summed E-state index contributed by atoms with van der Waals surface area (Å²) in [6.45, 7) is 0. The van der Waals surface area contributed by atoms with Gasteiger partial charge in [-0.25, -0.2) is 0 Å². The summed E-state index contributed by atoms with van der Waals surface area (Å²) in [5.41, 5.74) is 0.898. The van der Waals surface area contributed by atoms with E-state index < -0.39 is 30.0 Å². The maximum absolute atomic E-state index is 11.7. The van der Waals surface area contributed by atoms with E-state index in [4.69, 9.17) is 0 Å². The Hall–Kier alpha value is -2.46. The van der Waals surface area contributed by atoms with E-state index in [9.17, 15) is 25.9 Å². The fourth-order valence-corrected chi connectivity index (χ4v) is 3.97. The zero-order valence-electron chi connectivity index (χ0n) is 12.6. The molecule has 25 heavy (non-hydrogen) atoms. The lowest BCUT2D eigenvalue weighted by molar-refractivity contribution is 0.480. The first-order valence-corrected chi connectivity index (χ1v) is 9.89. The van der Waals surface area contributed by atoms with Gasteiger partial charge < -0.3 is 5.32 Å². The van der Waals surface area contributed by atoms with Crippen molar-refractivity contribution in [1.29, 1.82) is 0 Å². The van der Waals surface area contributed by atoms with Crippen molar-refractivity contribution < 1.29 is 25.9 Å². The van der Waals surface area contributed by atoms with Crippen molar-refractivity contribution in [3.05, 3.63) is 60.7 Å². The summed E-state index contributed by atoms with van der Waals surface area (Å²) < 4.78 is 65.6. The standard InChI is InChI=1S/C16H13NO6S2/c18-24(19,20)14-9-10-15(25(21,22)23)16-12(14)7-4-8-13(16)17-11-5-2-1-3-6-11/h1-10,17H,(H,18,19,20)(H,21,22,23). The van der Waals surface area contributed by atoms with Crippen LogP contribution in [-0.2, 0) is 20.2 Å². The number of hydrogen-bond donors (Lipinski definition) is 3. The van der Waals surface area contributed by atoms with E-state index in [0.717, 1.165) is 12.1 Å². The molecular weight excluding hydrogens is 366 g/mol. The summed E-state index contributed by atoms with van der Waals surface area (Å²) in [6.07, 6.45) is 0. The Morgan fingerprint density at radius 2 is 1.28 bits per heavy atom. The van der Waals surface area contributed by atoms with Gasteiger partial charge in [-0.05, 0) is 30.3 Å². The van der Waals surface area contributed by atoms with Crippen LogP contribution in [0.15, 0.2) is 70.5 Å². The molecule has 0 saturated carbocycles. The molecule has 0 spiro atoms. The van der Waals surface area contributed by atoms with Crippen LogP contribution < -0.4 is 5.32 Å². The Labute approximate surface area is 144 Å². The first-order valence-electron chi connectivity index (χ1n) is 7.01.